The van der Waals surface area contributed by atoms with Crippen LogP contribution in [0.5, 0.6) is 5.88 Å². The lowest BCUT2D eigenvalue weighted by atomic mass is 10.1. The summed E-state index contributed by atoms with van der Waals surface area (Å²) in [7, 11) is 1.55. The number of methoxy groups -OCH3 is 1. The molecule has 0 fully saturated rings. The van der Waals surface area contributed by atoms with Crippen molar-refractivity contribution in [3.8, 4) is 17.1 Å². The Labute approximate surface area is 148 Å². The van der Waals surface area contributed by atoms with Crippen molar-refractivity contribution >= 4 is 21.9 Å². The summed E-state index contributed by atoms with van der Waals surface area (Å²) in [6.45, 7) is 2.06. The van der Waals surface area contributed by atoms with E-state index in [2.05, 4.69) is 10.1 Å². The predicted octanol–water partition coefficient (Wildman–Crippen LogP) is 2.25. The molecule has 0 aliphatic heterocycles. The summed E-state index contributed by atoms with van der Waals surface area (Å²) in [5.74, 6) is 0.395. The number of benzene rings is 2. The van der Waals surface area contributed by atoms with Crippen LogP contribution >= 0.6 is 0 Å². The molecule has 4 rings (SSSR count). The lowest BCUT2D eigenvalue weighted by molar-refractivity contribution is 0.268. The maximum Gasteiger partial charge on any atom is 0.274 e. The zero-order valence-corrected chi connectivity index (χ0v) is 14.5. The second-order valence-corrected chi connectivity index (χ2v) is 6.04. The number of hydrogen-bond acceptors (Lipinski definition) is 5. The van der Waals surface area contributed by atoms with Gasteiger partial charge in [-0.3, -0.25) is 9.89 Å². The Kier molecular flexibility index (Phi) is 3.93. The van der Waals surface area contributed by atoms with E-state index in [9.17, 15) is 4.79 Å². The highest BCUT2D eigenvalue weighted by Gasteiger charge is 2.18. The Hall–Kier alpha value is -3.19. The summed E-state index contributed by atoms with van der Waals surface area (Å²) in [4.78, 5) is 21.8. The molecule has 2 aromatic heterocycles. The summed E-state index contributed by atoms with van der Waals surface area (Å²) in [6, 6.07) is 11.2. The van der Waals surface area contributed by atoms with Crippen LogP contribution in [-0.4, -0.2) is 38.6 Å². The minimum absolute atomic E-state index is 0.125. The van der Waals surface area contributed by atoms with Crippen molar-refractivity contribution in [2.75, 3.05) is 13.7 Å². The molecule has 0 spiro atoms. The van der Waals surface area contributed by atoms with Crippen LogP contribution in [0.15, 0.2) is 41.2 Å². The highest BCUT2D eigenvalue weighted by molar-refractivity contribution is 5.95. The standard InChI is InChI=1S/C19H18N4O3/c1-11-5-3-8-14-15(11)21-17(18(20-14)26-2)12-6-4-7-13-16(12)22-23(9-10-24)19(13)25/h3-8,22,24H,9-10H2,1-2H3. The highest BCUT2D eigenvalue weighted by Crippen LogP contribution is 2.32. The van der Waals surface area contributed by atoms with Gasteiger partial charge in [0, 0.05) is 5.56 Å². The average molecular weight is 350 g/mol. The molecule has 0 saturated carbocycles. The van der Waals surface area contributed by atoms with Gasteiger partial charge >= 0.3 is 0 Å². The third kappa shape index (κ3) is 2.44. The van der Waals surface area contributed by atoms with Crippen molar-refractivity contribution in [2.45, 2.75) is 13.5 Å². The molecule has 7 heteroatoms. The van der Waals surface area contributed by atoms with Crippen LogP contribution in [0.2, 0.25) is 0 Å². The molecule has 26 heavy (non-hydrogen) atoms. The molecule has 2 heterocycles. The van der Waals surface area contributed by atoms with Crippen molar-refractivity contribution in [3.63, 3.8) is 0 Å². The van der Waals surface area contributed by atoms with Gasteiger partial charge in [0.2, 0.25) is 5.88 Å². The molecule has 0 saturated heterocycles. The maximum atomic E-state index is 12.5. The van der Waals surface area contributed by atoms with E-state index in [0.717, 1.165) is 22.2 Å². The van der Waals surface area contributed by atoms with Crippen molar-refractivity contribution < 1.29 is 9.84 Å². The van der Waals surface area contributed by atoms with Gasteiger partial charge in [0.05, 0.1) is 42.2 Å². The number of fused-ring (bicyclic) bond motifs is 2. The van der Waals surface area contributed by atoms with E-state index in [1.165, 1.54) is 4.68 Å². The van der Waals surface area contributed by atoms with Crippen LogP contribution in [-0.2, 0) is 6.54 Å². The summed E-state index contributed by atoms with van der Waals surface area (Å²) >= 11 is 0. The van der Waals surface area contributed by atoms with Gasteiger partial charge in [0.1, 0.15) is 5.69 Å². The van der Waals surface area contributed by atoms with Gasteiger partial charge in [0.25, 0.3) is 5.56 Å². The second-order valence-electron chi connectivity index (χ2n) is 6.04. The molecule has 0 aliphatic rings. The second kappa shape index (κ2) is 6.27. The molecule has 0 amide bonds. The molecule has 0 atom stereocenters. The third-order valence-electron chi connectivity index (χ3n) is 4.42. The van der Waals surface area contributed by atoms with E-state index in [4.69, 9.17) is 14.8 Å². The summed E-state index contributed by atoms with van der Waals surface area (Å²) in [5, 5.41) is 12.8. The number of nitrogens with one attached hydrogen (secondary N) is 1. The van der Waals surface area contributed by atoms with Crippen LogP contribution in [0.3, 0.4) is 0 Å². The van der Waals surface area contributed by atoms with Crippen LogP contribution in [0.4, 0.5) is 0 Å². The zero-order valence-electron chi connectivity index (χ0n) is 14.5. The van der Waals surface area contributed by atoms with Crippen LogP contribution < -0.4 is 10.3 Å². The molecule has 4 aromatic rings. The Morgan fingerprint density at radius 2 is 2.00 bits per heavy atom. The monoisotopic (exact) mass is 350 g/mol. The largest absolute Gasteiger partial charge is 0.479 e. The molecule has 2 aromatic carbocycles. The minimum atomic E-state index is -0.181. The quantitative estimate of drug-likeness (QED) is 0.589. The van der Waals surface area contributed by atoms with Crippen LogP contribution in [0.25, 0.3) is 33.2 Å². The van der Waals surface area contributed by atoms with Crippen molar-refractivity contribution in [2.24, 2.45) is 0 Å². The number of aliphatic hydroxyl groups excluding tert-OH is 1. The number of rotatable bonds is 4. The zero-order chi connectivity index (χ0) is 18.3. The van der Waals surface area contributed by atoms with Gasteiger partial charge in [-0.15, -0.1) is 0 Å². The average Bonchev–Trinajstić information content (AvgIpc) is 2.97. The minimum Gasteiger partial charge on any atom is -0.479 e. The molecule has 7 nitrogen and oxygen atoms in total. The van der Waals surface area contributed by atoms with E-state index >= 15 is 0 Å². The number of hydrogen-bond donors (Lipinski definition) is 2. The number of H-pyrrole nitrogens is 1. The summed E-state index contributed by atoms with van der Waals surface area (Å²) < 4.78 is 6.86. The van der Waals surface area contributed by atoms with E-state index in [1.807, 2.05) is 31.2 Å². The van der Waals surface area contributed by atoms with Gasteiger partial charge in [-0.2, -0.15) is 0 Å². The number of aromatic amines is 1. The molecule has 0 unspecified atom stereocenters. The lowest BCUT2D eigenvalue weighted by Crippen LogP contribution is -2.18. The smallest absolute Gasteiger partial charge is 0.274 e. The Morgan fingerprint density at radius 1 is 1.19 bits per heavy atom. The van der Waals surface area contributed by atoms with Gasteiger partial charge in [-0.1, -0.05) is 24.3 Å². The number of para-hydroxylation sites is 2. The topological polar surface area (TPSA) is 93.0 Å². The number of aliphatic hydroxyl groups is 1. The first-order valence-corrected chi connectivity index (χ1v) is 8.28. The van der Waals surface area contributed by atoms with E-state index < -0.39 is 0 Å². The molecule has 0 aliphatic carbocycles. The third-order valence-corrected chi connectivity index (χ3v) is 4.42. The lowest BCUT2D eigenvalue weighted by Gasteiger charge is -2.10. The number of aryl methyl sites for hydroxylation is 1. The van der Waals surface area contributed by atoms with Crippen molar-refractivity contribution in [1.29, 1.82) is 0 Å². The summed E-state index contributed by atoms with van der Waals surface area (Å²) in [5.41, 5.74) is 4.31. The molecule has 0 bridgehead atoms. The Morgan fingerprint density at radius 3 is 2.77 bits per heavy atom. The Bertz CT molecular complexity index is 1180. The van der Waals surface area contributed by atoms with E-state index in [0.29, 0.717) is 22.5 Å². The van der Waals surface area contributed by atoms with Gasteiger partial charge in [-0.05, 0) is 24.6 Å². The molecule has 132 valence electrons. The van der Waals surface area contributed by atoms with Crippen LogP contribution in [0, 0.1) is 6.92 Å². The first-order chi connectivity index (χ1) is 12.6. The number of aromatic nitrogens is 4. The summed E-state index contributed by atoms with van der Waals surface area (Å²) in [6.07, 6.45) is 0. The van der Waals surface area contributed by atoms with Gasteiger partial charge < -0.3 is 9.84 Å². The van der Waals surface area contributed by atoms with Crippen molar-refractivity contribution in [3.05, 3.63) is 52.3 Å². The van der Waals surface area contributed by atoms with E-state index in [1.54, 1.807) is 19.2 Å². The Balaban J connectivity index is 2.05. The SMILES string of the molecule is COc1nc2cccc(C)c2nc1-c1cccc2c(=O)n(CCO)[nH]c12. The normalized spacial score (nSPS) is 11.3. The van der Waals surface area contributed by atoms with E-state index in [-0.39, 0.29) is 18.7 Å². The fourth-order valence-electron chi connectivity index (χ4n) is 3.16. The molecule has 2 N–H and O–H groups in total. The molecular formula is C19H18N4O3. The molecule has 0 radical (unpaired) electrons. The van der Waals surface area contributed by atoms with Gasteiger partial charge in [0.15, 0.2) is 0 Å². The number of nitrogens with zero attached hydrogens (tertiary/aromatic N) is 3. The van der Waals surface area contributed by atoms with Crippen molar-refractivity contribution in [1.82, 2.24) is 19.7 Å². The van der Waals surface area contributed by atoms with Gasteiger partial charge in [-0.25, -0.2) is 14.6 Å². The fourth-order valence-corrected chi connectivity index (χ4v) is 3.16. The first kappa shape index (κ1) is 16.3. The molecular weight excluding hydrogens is 332 g/mol. The fraction of sp³-hybridized carbons (Fsp3) is 0.211. The maximum absolute atomic E-state index is 12.5. The first-order valence-electron chi connectivity index (χ1n) is 8.28. The number of ether oxygens (including phenoxy) is 1. The predicted molar refractivity (Wildman–Crippen MR) is 99.5 cm³/mol. The van der Waals surface area contributed by atoms with Crippen LogP contribution in [0.1, 0.15) is 5.56 Å². The highest BCUT2D eigenvalue weighted by atomic mass is 16.5.